The van der Waals surface area contributed by atoms with Crippen LogP contribution in [0.4, 0.5) is 0 Å². The van der Waals surface area contributed by atoms with Crippen LogP contribution in [0, 0.1) is 34.4 Å². The molecule has 0 saturated carbocycles. The molecule has 0 aliphatic rings. The number of rotatable bonds is 3. The van der Waals surface area contributed by atoms with Crippen LogP contribution in [-0.2, 0) is 0 Å². The standard InChI is InChI=1S/C33H39PSeSi3/c1-36(2,3)25-22-28-10-16-31(17-11-28)34(35,32-18-12-29(13-19-32)23-26-37(4,5)6)33-20-14-30(15-21-33)24-27-38(7,8)9/h10-21H,1-9H3. The van der Waals surface area contributed by atoms with Crippen molar-refractivity contribution in [3.63, 3.8) is 0 Å². The average Bonchev–Trinajstić information content (AvgIpc) is 2.84. The Balaban J connectivity index is 2.10. The van der Waals surface area contributed by atoms with Crippen molar-refractivity contribution < 1.29 is 0 Å². The van der Waals surface area contributed by atoms with Crippen LogP contribution in [0.25, 0.3) is 0 Å². The van der Waals surface area contributed by atoms with Crippen LogP contribution in [0.2, 0.25) is 58.9 Å². The van der Waals surface area contributed by atoms with Crippen molar-refractivity contribution in [1.29, 1.82) is 0 Å². The zero-order valence-corrected chi connectivity index (χ0v) is 29.9. The van der Waals surface area contributed by atoms with E-state index >= 15 is 0 Å². The molecule has 0 fully saturated rings. The summed E-state index contributed by atoms with van der Waals surface area (Å²) in [5.41, 5.74) is 11.7. The summed E-state index contributed by atoms with van der Waals surface area (Å²) in [7, 11) is -4.26. The molecule has 0 heterocycles. The summed E-state index contributed by atoms with van der Waals surface area (Å²) < 4.78 is 0. The fourth-order valence-corrected chi connectivity index (χ4v) is 9.95. The molecule has 3 rings (SSSR count). The van der Waals surface area contributed by atoms with Crippen LogP contribution < -0.4 is 15.9 Å². The van der Waals surface area contributed by atoms with Gasteiger partial charge in [-0.25, -0.2) is 0 Å². The molecule has 0 amide bonds. The molecule has 0 spiro atoms. The molecule has 0 atom stereocenters. The van der Waals surface area contributed by atoms with Gasteiger partial charge in [0, 0.05) is 0 Å². The van der Waals surface area contributed by atoms with Crippen LogP contribution in [0.1, 0.15) is 16.7 Å². The third kappa shape index (κ3) is 9.01. The van der Waals surface area contributed by atoms with Gasteiger partial charge in [0.1, 0.15) is 0 Å². The Morgan fingerprint density at radius 3 is 0.816 bits per heavy atom. The normalized spacial score (nSPS) is 11.8. The average molecular weight is 630 g/mol. The fraction of sp³-hybridized carbons (Fsp3) is 0.273. The van der Waals surface area contributed by atoms with Crippen LogP contribution in [0.3, 0.4) is 0 Å². The molecular weight excluding hydrogens is 591 g/mol. The van der Waals surface area contributed by atoms with Gasteiger partial charge < -0.3 is 0 Å². The van der Waals surface area contributed by atoms with Gasteiger partial charge in [-0.05, 0) is 0 Å². The SMILES string of the molecule is C[Si](C)(C)C#Cc1ccc(P(=[Se])(c2ccc(C#C[Si](C)(C)C)cc2)c2ccc(C#C[Si](C)(C)C)cc2)cc1. The second-order valence-electron chi connectivity index (χ2n) is 12.7. The number of hydrogen-bond acceptors (Lipinski definition) is 0. The molecule has 3 aromatic carbocycles. The van der Waals surface area contributed by atoms with Crippen LogP contribution in [0.15, 0.2) is 72.8 Å². The third-order valence-electron chi connectivity index (χ3n) is 5.44. The zero-order chi connectivity index (χ0) is 28.2. The first-order chi connectivity index (χ1) is 17.6. The van der Waals surface area contributed by atoms with E-state index < -0.39 is 29.7 Å². The van der Waals surface area contributed by atoms with Crippen molar-refractivity contribution in [1.82, 2.24) is 0 Å². The number of hydrogen-bond donors (Lipinski definition) is 0. The molecular formula is C33H39PSeSi3. The molecule has 0 bridgehead atoms. The number of benzene rings is 3. The van der Waals surface area contributed by atoms with Gasteiger partial charge in [-0.2, -0.15) is 0 Å². The second-order valence-corrected chi connectivity index (χ2v) is 33.2. The molecule has 0 saturated heterocycles. The molecule has 0 aliphatic heterocycles. The van der Waals surface area contributed by atoms with Gasteiger partial charge in [0.05, 0.1) is 0 Å². The van der Waals surface area contributed by atoms with Crippen molar-refractivity contribution >= 4 is 60.7 Å². The van der Waals surface area contributed by atoms with E-state index in [1.807, 2.05) is 0 Å². The Morgan fingerprint density at radius 2 is 0.632 bits per heavy atom. The summed E-state index contributed by atoms with van der Waals surface area (Å²) in [5.74, 6) is 10.2. The molecule has 0 unspecified atom stereocenters. The van der Waals surface area contributed by atoms with Crippen molar-refractivity contribution in [3.8, 4) is 34.4 Å². The Hall–Kier alpha value is -2.06. The monoisotopic (exact) mass is 630 g/mol. The fourth-order valence-electron chi connectivity index (χ4n) is 3.49. The minimum absolute atomic E-state index is 1.08. The van der Waals surface area contributed by atoms with E-state index in [2.05, 4.69) is 181 Å². The van der Waals surface area contributed by atoms with Crippen LogP contribution >= 0.6 is 5.51 Å². The second kappa shape index (κ2) is 12.0. The van der Waals surface area contributed by atoms with E-state index in [0.29, 0.717) is 0 Å². The first-order valence-electron chi connectivity index (χ1n) is 13.1. The van der Waals surface area contributed by atoms with Crippen LogP contribution in [0.5, 0.6) is 0 Å². The topological polar surface area (TPSA) is 0 Å². The van der Waals surface area contributed by atoms with E-state index in [-0.39, 0.29) is 0 Å². The molecule has 5 heteroatoms. The Labute approximate surface area is 242 Å². The van der Waals surface area contributed by atoms with Crippen molar-refractivity contribution in [2.45, 2.75) is 58.9 Å². The quantitative estimate of drug-likeness (QED) is 0.171. The van der Waals surface area contributed by atoms with E-state index in [0.717, 1.165) is 16.7 Å². The Bertz CT molecular complexity index is 1320. The van der Waals surface area contributed by atoms with Gasteiger partial charge in [0.25, 0.3) is 0 Å². The summed E-state index contributed by atoms with van der Waals surface area (Å²) in [4.78, 5) is 0. The van der Waals surface area contributed by atoms with E-state index in [4.69, 9.17) is 0 Å². The van der Waals surface area contributed by atoms with Gasteiger partial charge in [0.15, 0.2) is 0 Å². The zero-order valence-electron chi connectivity index (χ0n) is 24.3. The van der Waals surface area contributed by atoms with Gasteiger partial charge >= 0.3 is 244 Å². The maximum absolute atomic E-state index is 3.69. The molecule has 0 nitrogen and oxygen atoms in total. The summed E-state index contributed by atoms with van der Waals surface area (Å²) in [5, 5.41) is 3.91. The van der Waals surface area contributed by atoms with Gasteiger partial charge in [-0.1, -0.05) is 0 Å². The molecule has 0 N–H and O–H groups in total. The Kier molecular flexibility index (Phi) is 9.62. The molecule has 194 valence electrons. The van der Waals surface area contributed by atoms with Gasteiger partial charge in [-0.15, -0.1) is 0 Å². The first-order valence-corrected chi connectivity index (χ1v) is 27.6. The van der Waals surface area contributed by atoms with Crippen LogP contribution in [-0.4, -0.2) is 39.3 Å². The summed E-state index contributed by atoms with van der Waals surface area (Å²) in [6.45, 7) is 20.5. The third-order valence-corrected chi connectivity index (χ3v) is 15.1. The molecule has 0 aliphatic carbocycles. The maximum atomic E-state index is 3.69. The summed E-state index contributed by atoms with van der Waals surface area (Å²) >= 11 is 3.69. The molecule has 0 radical (unpaired) electrons. The first kappa shape index (κ1) is 30.5. The predicted molar refractivity (Wildman–Crippen MR) is 182 cm³/mol. The summed E-state index contributed by atoms with van der Waals surface area (Å²) in [6, 6.07) is 26.6. The summed E-state index contributed by atoms with van der Waals surface area (Å²) in [6.07, 6.45) is 0. The predicted octanol–water partition coefficient (Wildman–Crippen LogP) is 6.75. The van der Waals surface area contributed by atoms with E-state index in [9.17, 15) is 0 Å². The molecule has 3 aromatic rings. The minimum atomic E-state index is -1.98. The molecule has 38 heavy (non-hydrogen) atoms. The van der Waals surface area contributed by atoms with Gasteiger partial charge in [0.2, 0.25) is 0 Å². The van der Waals surface area contributed by atoms with Gasteiger partial charge in [-0.3, -0.25) is 0 Å². The Morgan fingerprint density at radius 1 is 0.421 bits per heavy atom. The van der Waals surface area contributed by atoms with Crippen molar-refractivity contribution in [2.75, 3.05) is 0 Å². The molecule has 0 aromatic heterocycles. The van der Waals surface area contributed by atoms with Crippen molar-refractivity contribution in [2.24, 2.45) is 0 Å². The van der Waals surface area contributed by atoms with Crippen molar-refractivity contribution in [3.05, 3.63) is 89.5 Å². The van der Waals surface area contributed by atoms with E-state index in [1.165, 1.54) is 15.9 Å². The van der Waals surface area contributed by atoms with E-state index in [1.54, 1.807) is 0 Å².